The predicted octanol–water partition coefficient (Wildman–Crippen LogP) is 4.06. The minimum Gasteiger partial charge on any atom is -0.481 e. The summed E-state index contributed by atoms with van der Waals surface area (Å²) in [7, 11) is 0. The number of rotatable bonds is 5. The SMILES string of the molecule is CCCC(CC(=O)O)c1ccccc1C(F)(F)F. The zero-order valence-corrected chi connectivity index (χ0v) is 10.00. The molecule has 0 amide bonds. The summed E-state index contributed by atoms with van der Waals surface area (Å²) in [5, 5.41) is 8.78. The van der Waals surface area contributed by atoms with Crippen LogP contribution >= 0.6 is 0 Å². The summed E-state index contributed by atoms with van der Waals surface area (Å²) in [5.74, 6) is -1.67. The van der Waals surface area contributed by atoms with Crippen LogP contribution in [0.15, 0.2) is 24.3 Å². The predicted molar refractivity (Wildman–Crippen MR) is 61.3 cm³/mol. The van der Waals surface area contributed by atoms with Gasteiger partial charge in [0.05, 0.1) is 12.0 Å². The fraction of sp³-hybridized carbons (Fsp3) is 0.462. The maximum atomic E-state index is 12.8. The highest BCUT2D eigenvalue weighted by molar-refractivity contribution is 5.68. The fourth-order valence-electron chi connectivity index (χ4n) is 2.04. The van der Waals surface area contributed by atoms with E-state index >= 15 is 0 Å². The van der Waals surface area contributed by atoms with Crippen LogP contribution in [0.25, 0.3) is 0 Å². The standard InChI is InChI=1S/C13H15F3O2/c1-2-5-9(8-12(17)18)10-6-3-4-7-11(10)13(14,15)16/h3-4,6-7,9H,2,5,8H2,1H3,(H,17,18). The molecule has 100 valence electrons. The lowest BCUT2D eigenvalue weighted by Crippen LogP contribution is -2.14. The van der Waals surface area contributed by atoms with Gasteiger partial charge in [0.25, 0.3) is 0 Å². The zero-order chi connectivity index (χ0) is 13.8. The van der Waals surface area contributed by atoms with Gasteiger partial charge in [-0.25, -0.2) is 0 Å². The third-order valence-corrected chi connectivity index (χ3v) is 2.76. The van der Waals surface area contributed by atoms with Crippen LogP contribution in [-0.4, -0.2) is 11.1 Å². The Kier molecular flexibility index (Phi) is 4.76. The largest absolute Gasteiger partial charge is 0.481 e. The second-order valence-electron chi connectivity index (χ2n) is 4.17. The molecular weight excluding hydrogens is 245 g/mol. The molecule has 1 aromatic rings. The van der Waals surface area contributed by atoms with E-state index in [9.17, 15) is 18.0 Å². The molecule has 0 fully saturated rings. The quantitative estimate of drug-likeness (QED) is 0.866. The number of alkyl halides is 3. The molecule has 5 heteroatoms. The summed E-state index contributed by atoms with van der Waals surface area (Å²) < 4.78 is 38.5. The van der Waals surface area contributed by atoms with E-state index in [0.717, 1.165) is 6.07 Å². The van der Waals surface area contributed by atoms with Gasteiger partial charge in [-0.15, -0.1) is 0 Å². The lowest BCUT2D eigenvalue weighted by Gasteiger charge is -2.19. The van der Waals surface area contributed by atoms with Crippen molar-refractivity contribution < 1.29 is 23.1 Å². The Morgan fingerprint density at radius 3 is 2.44 bits per heavy atom. The molecule has 0 aliphatic heterocycles. The van der Waals surface area contributed by atoms with Crippen LogP contribution in [0.5, 0.6) is 0 Å². The molecule has 1 unspecified atom stereocenters. The number of hydrogen-bond donors (Lipinski definition) is 1. The maximum absolute atomic E-state index is 12.8. The Bertz CT molecular complexity index is 413. The molecule has 0 spiro atoms. The van der Waals surface area contributed by atoms with Crippen molar-refractivity contribution in [3.63, 3.8) is 0 Å². The molecule has 0 aliphatic rings. The smallest absolute Gasteiger partial charge is 0.416 e. The maximum Gasteiger partial charge on any atom is 0.416 e. The van der Waals surface area contributed by atoms with Crippen molar-refractivity contribution in [1.29, 1.82) is 0 Å². The van der Waals surface area contributed by atoms with E-state index in [1.165, 1.54) is 18.2 Å². The molecule has 0 bridgehead atoms. The molecule has 18 heavy (non-hydrogen) atoms. The highest BCUT2D eigenvalue weighted by Gasteiger charge is 2.35. The summed E-state index contributed by atoms with van der Waals surface area (Å²) in [6, 6.07) is 5.19. The summed E-state index contributed by atoms with van der Waals surface area (Å²) in [4.78, 5) is 10.7. The number of carbonyl (C=O) groups is 1. The second kappa shape index (κ2) is 5.89. The van der Waals surface area contributed by atoms with Gasteiger partial charge in [-0.3, -0.25) is 4.79 Å². The van der Waals surface area contributed by atoms with Crippen molar-refractivity contribution in [1.82, 2.24) is 0 Å². The van der Waals surface area contributed by atoms with Gasteiger partial charge in [0.1, 0.15) is 0 Å². The van der Waals surface area contributed by atoms with Crippen molar-refractivity contribution in [2.24, 2.45) is 0 Å². The highest BCUT2D eigenvalue weighted by Crippen LogP contribution is 2.37. The Balaban J connectivity index is 3.15. The Hall–Kier alpha value is -1.52. The van der Waals surface area contributed by atoms with Gasteiger partial charge in [-0.1, -0.05) is 31.5 Å². The van der Waals surface area contributed by atoms with Gasteiger partial charge < -0.3 is 5.11 Å². The molecule has 0 saturated heterocycles. The van der Waals surface area contributed by atoms with E-state index in [2.05, 4.69) is 0 Å². The summed E-state index contributed by atoms with van der Waals surface area (Å²) >= 11 is 0. The van der Waals surface area contributed by atoms with E-state index in [1.807, 2.05) is 6.92 Å². The molecule has 1 aromatic carbocycles. The first-order valence-electron chi connectivity index (χ1n) is 5.74. The molecule has 1 atom stereocenters. The molecule has 2 nitrogen and oxygen atoms in total. The highest BCUT2D eigenvalue weighted by atomic mass is 19.4. The molecule has 0 heterocycles. The van der Waals surface area contributed by atoms with Crippen molar-refractivity contribution in [2.75, 3.05) is 0 Å². The molecule has 0 aromatic heterocycles. The van der Waals surface area contributed by atoms with Crippen LogP contribution in [0, 0.1) is 0 Å². The van der Waals surface area contributed by atoms with E-state index < -0.39 is 23.6 Å². The number of carboxylic acids is 1. The minimum atomic E-state index is -4.44. The zero-order valence-electron chi connectivity index (χ0n) is 10.00. The average Bonchev–Trinajstić information content (AvgIpc) is 2.27. The van der Waals surface area contributed by atoms with Crippen LogP contribution in [-0.2, 0) is 11.0 Å². The number of benzene rings is 1. The van der Waals surface area contributed by atoms with E-state index in [1.54, 1.807) is 0 Å². The van der Waals surface area contributed by atoms with Crippen LogP contribution in [0.4, 0.5) is 13.2 Å². The lowest BCUT2D eigenvalue weighted by molar-refractivity contribution is -0.140. The van der Waals surface area contributed by atoms with Crippen molar-refractivity contribution in [3.05, 3.63) is 35.4 Å². The van der Waals surface area contributed by atoms with Crippen molar-refractivity contribution >= 4 is 5.97 Å². The van der Waals surface area contributed by atoms with Gasteiger partial charge >= 0.3 is 12.1 Å². The summed E-state index contributed by atoms with van der Waals surface area (Å²) in [6.07, 6.45) is -3.65. The molecule has 1 rings (SSSR count). The van der Waals surface area contributed by atoms with Crippen LogP contribution in [0.1, 0.15) is 43.2 Å². The third kappa shape index (κ3) is 3.75. The summed E-state index contributed by atoms with van der Waals surface area (Å²) in [5.41, 5.74) is -0.654. The van der Waals surface area contributed by atoms with Crippen LogP contribution in [0.2, 0.25) is 0 Å². The Morgan fingerprint density at radius 1 is 1.33 bits per heavy atom. The number of hydrogen-bond acceptors (Lipinski definition) is 1. The van der Waals surface area contributed by atoms with Crippen molar-refractivity contribution in [3.8, 4) is 0 Å². The fourth-order valence-corrected chi connectivity index (χ4v) is 2.04. The van der Waals surface area contributed by atoms with Gasteiger partial charge in [0.15, 0.2) is 0 Å². The second-order valence-corrected chi connectivity index (χ2v) is 4.17. The average molecular weight is 260 g/mol. The molecule has 0 aliphatic carbocycles. The van der Waals surface area contributed by atoms with Gasteiger partial charge in [0, 0.05) is 0 Å². The van der Waals surface area contributed by atoms with Crippen LogP contribution < -0.4 is 0 Å². The minimum absolute atomic E-state index is 0.0780. The monoisotopic (exact) mass is 260 g/mol. The van der Waals surface area contributed by atoms with E-state index in [4.69, 9.17) is 5.11 Å². The molecule has 0 radical (unpaired) electrons. The molecule has 0 saturated carbocycles. The van der Waals surface area contributed by atoms with Gasteiger partial charge in [0.2, 0.25) is 0 Å². The first-order valence-corrected chi connectivity index (χ1v) is 5.74. The van der Waals surface area contributed by atoms with Gasteiger partial charge in [-0.2, -0.15) is 13.2 Å². The van der Waals surface area contributed by atoms with E-state index in [-0.39, 0.29) is 12.0 Å². The third-order valence-electron chi connectivity index (χ3n) is 2.76. The Labute approximate surface area is 103 Å². The number of carboxylic acid groups (broad SMARTS) is 1. The first kappa shape index (κ1) is 14.5. The Morgan fingerprint density at radius 2 is 1.94 bits per heavy atom. The topological polar surface area (TPSA) is 37.3 Å². The number of aliphatic carboxylic acids is 1. The molecule has 1 N–H and O–H groups in total. The number of halogens is 3. The summed E-state index contributed by atoms with van der Waals surface area (Å²) in [6.45, 7) is 1.82. The van der Waals surface area contributed by atoms with Crippen molar-refractivity contribution in [2.45, 2.75) is 38.3 Å². The molecular formula is C13H15F3O2. The van der Waals surface area contributed by atoms with Crippen LogP contribution in [0.3, 0.4) is 0 Å². The lowest BCUT2D eigenvalue weighted by atomic mass is 9.88. The normalized spacial score (nSPS) is 13.3. The van der Waals surface area contributed by atoms with E-state index in [0.29, 0.717) is 12.8 Å². The first-order chi connectivity index (χ1) is 8.36. The van der Waals surface area contributed by atoms with Gasteiger partial charge in [-0.05, 0) is 24.0 Å².